The monoisotopic (exact) mass is 360 g/mol. The van der Waals surface area contributed by atoms with Gasteiger partial charge in [0, 0.05) is 17.2 Å². The van der Waals surface area contributed by atoms with Gasteiger partial charge in [-0.3, -0.25) is 4.79 Å². The van der Waals surface area contributed by atoms with Gasteiger partial charge in [-0.1, -0.05) is 28.1 Å². The molecule has 4 atom stereocenters. The number of methoxy groups -OCH3 is 1. The molecule has 0 aromatic heterocycles. The number of aryl methyl sites for hydroxylation is 1. The van der Waals surface area contributed by atoms with Crippen molar-refractivity contribution >= 4 is 27.3 Å². The average Bonchev–Trinajstić information content (AvgIpc) is 2.54. The van der Waals surface area contributed by atoms with Gasteiger partial charge in [0.15, 0.2) is 0 Å². The van der Waals surface area contributed by atoms with Crippen molar-refractivity contribution < 1.29 is 9.53 Å². The van der Waals surface area contributed by atoms with Gasteiger partial charge in [-0.15, -0.1) is 0 Å². The summed E-state index contributed by atoms with van der Waals surface area (Å²) >= 11 is 3.79. The number of benzene rings is 1. The SMILES string of the molecule is COc1ccc2c(c1)CC[C@H]1C2=C[C@H](Br)C2C(=O)CCC[C@H]21. The van der Waals surface area contributed by atoms with Gasteiger partial charge in [0.2, 0.25) is 0 Å². The molecule has 4 rings (SSSR count). The Morgan fingerprint density at radius 2 is 2.09 bits per heavy atom. The molecule has 1 aromatic rings. The van der Waals surface area contributed by atoms with E-state index >= 15 is 0 Å². The van der Waals surface area contributed by atoms with Crippen molar-refractivity contribution in [2.45, 2.75) is 36.9 Å². The number of ketones is 1. The summed E-state index contributed by atoms with van der Waals surface area (Å²) in [5.74, 6) is 2.69. The first-order valence-corrected chi connectivity index (χ1v) is 9.16. The van der Waals surface area contributed by atoms with Crippen LogP contribution in [-0.2, 0) is 11.2 Å². The summed E-state index contributed by atoms with van der Waals surface area (Å²) in [7, 11) is 1.72. The third kappa shape index (κ3) is 2.17. The number of allylic oxidation sites excluding steroid dienone is 2. The summed E-state index contributed by atoms with van der Waals surface area (Å²) in [6, 6.07) is 6.44. The number of carbonyl (C=O) groups excluding carboxylic acids is 1. The normalized spacial score (nSPS) is 33.4. The Balaban J connectivity index is 1.78. The average molecular weight is 361 g/mol. The number of carbonyl (C=O) groups is 1. The number of rotatable bonds is 1. The fourth-order valence-electron chi connectivity index (χ4n) is 4.75. The van der Waals surface area contributed by atoms with Crippen LogP contribution in [0.5, 0.6) is 5.75 Å². The van der Waals surface area contributed by atoms with Crippen molar-refractivity contribution in [2.75, 3.05) is 7.11 Å². The lowest BCUT2D eigenvalue weighted by molar-refractivity contribution is -0.127. The predicted molar refractivity (Wildman–Crippen MR) is 91.3 cm³/mol. The van der Waals surface area contributed by atoms with Gasteiger partial charge in [0.05, 0.1) is 7.11 Å². The van der Waals surface area contributed by atoms with Gasteiger partial charge < -0.3 is 4.74 Å². The molecule has 1 unspecified atom stereocenters. The Morgan fingerprint density at radius 3 is 2.91 bits per heavy atom. The molecule has 0 saturated heterocycles. The maximum Gasteiger partial charge on any atom is 0.137 e. The molecule has 0 amide bonds. The van der Waals surface area contributed by atoms with Crippen LogP contribution in [0.2, 0.25) is 0 Å². The van der Waals surface area contributed by atoms with Crippen LogP contribution in [0.1, 0.15) is 36.8 Å². The lowest BCUT2D eigenvalue weighted by Crippen LogP contribution is -2.42. The predicted octanol–water partition coefficient (Wildman–Crippen LogP) is 4.40. The highest BCUT2D eigenvalue weighted by molar-refractivity contribution is 9.09. The second kappa shape index (κ2) is 5.52. The Morgan fingerprint density at radius 1 is 1.23 bits per heavy atom. The van der Waals surface area contributed by atoms with Gasteiger partial charge in [0.25, 0.3) is 0 Å². The zero-order chi connectivity index (χ0) is 15.3. The zero-order valence-corrected chi connectivity index (χ0v) is 14.4. The molecular formula is C19H21BrO2. The van der Waals surface area contributed by atoms with Gasteiger partial charge in [-0.2, -0.15) is 0 Å². The molecule has 0 spiro atoms. The van der Waals surface area contributed by atoms with E-state index in [0.29, 0.717) is 17.6 Å². The number of Topliss-reactive ketones (excluding diaryl/α,β-unsaturated/α-hetero) is 1. The highest BCUT2D eigenvalue weighted by Crippen LogP contribution is 2.51. The fraction of sp³-hybridized carbons (Fsp3) is 0.526. The molecule has 1 aromatic carbocycles. The molecular weight excluding hydrogens is 340 g/mol. The number of fused-ring (bicyclic) bond motifs is 5. The largest absolute Gasteiger partial charge is 0.497 e. The second-order valence-corrected chi connectivity index (χ2v) is 7.84. The Labute approximate surface area is 140 Å². The third-order valence-electron chi connectivity index (χ3n) is 5.74. The first-order valence-electron chi connectivity index (χ1n) is 8.25. The lowest BCUT2D eigenvalue weighted by Gasteiger charge is -2.45. The molecule has 1 saturated carbocycles. The molecule has 3 aliphatic carbocycles. The van der Waals surface area contributed by atoms with Crippen LogP contribution in [0.25, 0.3) is 5.57 Å². The molecule has 22 heavy (non-hydrogen) atoms. The maximum atomic E-state index is 12.4. The molecule has 2 nitrogen and oxygen atoms in total. The summed E-state index contributed by atoms with van der Waals surface area (Å²) in [5.41, 5.74) is 4.22. The molecule has 0 bridgehead atoms. The van der Waals surface area contributed by atoms with Crippen LogP contribution < -0.4 is 4.74 Å². The molecule has 116 valence electrons. The standard InChI is InChI=1S/C19H21BrO2/c1-22-12-6-8-13-11(9-12)5-7-14-15-3-2-4-18(21)19(15)17(20)10-16(13)14/h6,8-10,14-15,17,19H,2-5,7H2,1H3/t14-,15+,17+,19?/m1/s1. The number of ether oxygens (including phenoxy) is 1. The quantitative estimate of drug-likeness (QED) is 0.693. The van der Waals surface area contributed by atoms with Crippen molar-refractivity contribution in [1.82, 2.24) is 0 Å². The van der Waals surface area contributed by atoms with Crippen LogP contribution >= 0.6 is 15.9 Å². The highest BCUT2D eigenvalue weighted by Gasteiger charge is 2.45. The van der Waals surface area contributed by atoms with E-state index < -0.39 is 0 Å². The van der Waals surface area contributed by atoms with E-state index in [4.69, 9.17) is 4.74 Å². The third-order valence-corrected chi connectivity index (χ3v) is 6.57. The van der Waals surface area contributed by atoms with Crippen LogP contribution in [0.4, 0.5) is 0 Å². The van der Waals surface area contributed by atoms with Crippen molar-refractivity contribution in [1.29, 1.82) is 0 Å². The van der Waals surface area contributed by atoms with E-state index in [1.807, 2.05) is 0 Å². The van der Waals surface area contributed by atoms with Crippen molar-refractivity contribution in [3.63, 3.8) is 0 Å². The first-order chi connectivity index (χ1) is 10.7. The van der Waals surface area contributed by atoms with Gasteiger partial charge in [0.1, 0.15) is 11.5 Å². The van der Waals surface area contributed by atoms with Gasteiger partial charge >= 0.3 is 0 Å². The van der Waals surface area contributed by atoms with E-state index in [-0.39, 0.29) is 10.7 Å². The molecule has 0 aliphatic heterocycles. The summed E-state index contributed by atoms with van der Waals surface area (Å²) in [6.07, 6.45) is 7.62. The highest BCUT2D eigenvalue weighted by atomic mass is 79.9. The fourth-order valence-corrected chi connectivity index (χ4v) is 5.72. The van der Waals surface area contributed by atoms with E-state index in [2.05, 4.69) is 40.2 Å². The molecule has 3 heteroatoms. The minimum atomic E-state index is 0.197. The molecule has 0 N–H and O–H groups in total. The van der Waals surface area contributed by atoms with E-state index in [0.717, 1.165) is 25.0 Å². The summed E-state index contributed by atoms with van der Waals surface area (Å²) in [6.45, 7) is 0. The van der Waals surface area contributed by atoms with Gasteiger partial charge in [-0.25, -0.2) is 0 Å². The number of halogens is 1. The number of hydrogen-bond donors (Lipinski definition) is 0. The Kier molecular flexibility index (Phi) is 3.64. The van der Waals surface area contributed by atoms with Crippen LogP contribution in [-0.4, -0.2) is 17.7 Å². The van der Waals surface area contributed by atoms with E-state index in [9.17, 15) is 4.79 Å². The smallest absolute Gasteiger partial charge is 0.137 e. The van der Waals surface area contributed by atoms with Crippen LogP contribution in [0.3, 0.4) is 0 Å². The minimum absolute atomic E-state index is 0.197. The Hall–Kier alpha value is -1.09. The van der Waals surface area contributed by atoms with Crippen LogP contribution in [0, 0.1) is 17.8 Å². The summed E-state index contributed by atoms with van der Waals surface area (Å²) in [5, 5.41) is 0. The summed E-state index contributed by atoms with van der Waals surface area (Å²) in [4.78, 5) is 12.6. The molecule has 0 radical (unpaired) electrons. The lowest BCUT2D eigenvalue weighted by atomic mass is 9.60. The van der Waals surface area contributed by atoms with Crippen molar-refractivity contribution in [3.8, 4) is 5.75 Å². The van der Waals surface area contributed by atoms with E-state index in [1.165, 1.54) is 29.5 Å². The topological polar surface area (TPSA) is 26.3 Å². The second-order valence-electron chi connectivity index (χ2n) is 6.78. The van der Waals surface area contributed by atoms with Crippen molar-refractivity contribution in [2.24, 2.45) is 17.8 Å². The molecule has 3 aliphatic rings. The minimum Gasteiger partial charge on any atom is -0.497 e. The zero-order valence-electron chi connectivity index (χ0n) is 12.8. The van der Waals surface area contributed by atoms with Crippen molar-refractivity contribution in [3.05, 3.63) is 35.4 Å². The molecule has 0 heterocycles. The van der Waals surface area contributed by atoms with Gasteiger partial charge in [-0.05, 0) is 66.4 Å². The van der Waals surface area contributed by atoms with E-state index in [1.54, 1.807) is 7.11 Å². The number of hydrogen-bond acceptors (Lipinski definition) is 2. The van der Waals surface area contributed by atoms with Crippen LogP contribution in [0.15, 0.2) is 24.3 Å². The Bertz CT molecular complexity index is 649. The number of alkyl halides is 1. The molecule has 1 fully saturated rings. The maximum absolute atomic E-state index is 12.4. The summed E-state index contributed by atoms with van der Waals surface area (Å²) < 4.78 is 5.36. The first kappa shape index (κ1) is 14.5.